The molecular formula is C19H18BrNO6S. The Hall–Kier alpha value is -2.23. The SMILES string of the molecule is CCCCCNc1cc(Br)cc2c1C(=O)c1ccc(S(=O)(=O)O)c(O)c1C2=O. The third kappa shape index (κ3) is 3.57. The van der Waals surface area contributed by atoms with E-state index in [4.69, 9.17) is 0 Å². The smallest absolute Gasteiger partial charge is 0.298 e. The molecule has 9 heteroatoms. The van der Waals surface area contributed by atoms with Crippen LogP contribution in [0.4, 0.5) is 5.69 Å². The van der Waals surface area contributed by atoms with Crippen molar-refractivity contribution in [2.75, 3.05) is 11.9 Å². The summed E-state index contributed by atoms with van der Waals surface area (Å²) in [7, 11) is -4.75. The molecular weight excluding hydrogens is 450 g/mol. The summed E-state index contributed by atoms with van der Waals surface area (Å²) in [5.74, 6) is -2.13. The molecule has 0 bridgehead atoms. The number of carbonyl (C=O) groups excluding carboxylic acids is 2. The Kier molecular flexibility index (Phi) is 5.60. The van der Waals surface area contributed by atoms with Crippen LogP contribution < -0.4 is 5.32 Å². The molecule has 0 radical (unpaired) electrons. The number of halogens is 1. The lowest BCUT2D eigenvalue weighted by molar-refractivity contribution is 0.0976. The topological polar surface area (TPSA) is 121 Å². The number of anilines is 1. The van der Waals surface area contributed by atoms with E-state index in [2.05, 4.69) is 28.2 Å². The van der Waals surface area contributed by atoms with Gasteiger partial charge in [0.15, 0.2) is 11.6 Å². The number of hydrogen-bond donors (Lipinski definition) is 3. The van der Waals surface area contributed by atoms with Crippen LogP contribution in [0.1, 0.15) is 58.0 Å². The number of nitrogens with one attached hydrogen (secondary N) is 1. The van der Waals surface area contributed by atoms with Gasteiger partial charge in [-0.3, -0.25) is 14.1 Å². The first-order valence-electron chi connectivity index (χ1n) is 8.67. The van der Waals surface area contributed by atoms with Gasteiger partial charge in [-0.2, -0.15) is 8.42 Å². The minimum atomic E-state index is -4.75. The summed E-state index contributed by atoms with van der Waals surface area (Å²) in [6.07, 6.45) is 2.96. The maximum Gasteiger partial charge on any atom is 0.298 e. The molecule has 3 N–H and O–H groups in total. The van der Waals surface area contributed by atoms with Gasteiger partial charge in [-0.15, -0.1) is 0 Å². The number of aromatic hydroxyl groups is 1. The Balaban J connectivity index is 2.15. The molecule has 0 heterocycles. The summed E-state index contributed by atoms with van der Waals surface area (Å²) in [6.45, 7) is 2.70. The number of fused-ring (bicyclic) bond motifs is 2. The summed E-state index contributed by atoms with van der Waals surface area (Å²) in [4.78, 5) is 25.2. The van der Waals surface area contributed by atoms with Crippen molar-refractivity contribution in [3.63, 3.8) is 0 Å². The van der Waals surface area contributed by atoms with E-state index >= 15 is 0 Å². The molecule has 0 unspecified atom stereocenters. The van der Waals surface area contributed by atoms with Gasteiger partial charge in [-0.25, -0.2) is 0 Å². The van der Waals surface area contributed by atoms with Crippen molar-refractivity contribution in [2.24, 2.45) is 0 Å². The Morgan fingerprint density at radius 1 is 1.04 bits per heavy atom. The molecule has 0 atom stereocenters. The van der Waals surface area contributed by atoms with Gasteiger partial charge in [0.1, 0.15) is 10.6 Å². The second-order valence-electron chi connectivity index (χ2n) is 6.48. The minimum Gasteiger partial charge on any atom is -0.506 e. The second kappa shape index (κ2) is 7.65. The zero-order chi connectivity index (χ0) is 20.6. The molecule has 28 heavy (non-hydrogen) atoms. The van der Waals surface area contributed by atoms with E-state index in [9.17, 15) is 27.7 Å². The van der Waals surface area contributed by atoms with Crippen molar-refractivity contribution in [1.29, 1.82) is 0 Å². The average molecular weight is 468 g/mol. The fourth-order valence-electron chi connectivity index (χ4n) is 3.24. The predicted molar refractivity (Wildman–Crippen MR) is 107 cm³/mol. The first-order chi connectivity index (χ1) is 13.2. The molecule has 7 nitrogen and oxygen atoms in total. The van der Waals surface area contributed by atoms with E-state index in [-0.39, 0.29) is 16.7 Å². The van der Waals surface area contributed by atoms with Crippen LogP contribution in [-0.4, -0.2) is 36.2 Å². The first kappa shape index (κ1) is 20.5. The van der Waals surface area contributed by atoms with Crippen LogP contribution in [0.3, 0.4) is 0 Å². The van der Waals surface area contributed by atoms with Crippen LogP contribution in [0.25, 0.3) is 0 Å². The molecule has 0 saturated carbocycles. The van der Waals surface area contributed by atoms with E-state index in [1.54, 1.807) is 6.07 Å². The first-order valence-corrected chi connectivity index (χ1v) is 10.9. The lowest BCUT2D eigenvalue weighted by Crippen LogP contribution is -2.23. The number of ketones is 2. The fraction of sp³-hybridized carbons (Fsp3) is 0.263. The van der Waals surface area contributed by atoms with Crippen LogP contribution in [0, 0.1) is 0 Å². The third-order valence-electron chi connectivity index (χ3n) is 4.56. The lowest BCUT2D eigenvalue weighted by Gasteiger charge is -2.22. The zero-order valence-electron chi connectivity index (χ0n) is 15.0. The average Bonchev–Trinajstić information content (AvgIpc) is 2.61. The summed E-state index contributed by atoms with van der Waals surface area (Å²) in [5, 5.41) is 13.5. The van der Waals surface area contributed by atoms with Crippen LogP contribution in [0.15, 0.2) is 33.6 Å². The van der Waals surface area contributed by atoms with E-state index < -0.39 is 37.9 Å². The monoisotopic (exact) mass is 467 g/mol. The van der Waals surface area contributed by atoms with Gasteiger partial charge < -0.3 is 10.4 Å². The number of phenolic OH excluding ortho intramolecular Hbond substituents is 1. The van der Waals surface area contributed by atoms with Gasteiger partial charge >= 0.3 is 0 Å². The highest BCUT2D eigenvalue weighted by atomic mass is 79.9. The van der Waals surface area contributed by atoms with Crippen molar-refractivity contribution in [3.05, 3.63) is 51.0 Å². The summed E-state index contributed by atoms with van der Waals surface area (Å²) >= 11 is 3.31. The molecule has 0 spiro atoms. The van der Waals surface area contributed by atoms with Crippen molar-refractivity contribution in [1.82, 2.24) is 0 Å². The Morgan fingerprint density at radius 2 is 1.71 bits per heavy atom. The van der Waals surface area contributed by atoms with Crippen molar-refractivity contribution < 1.29 is 27.7 Å². The molecule has 0 fully saturated rings. The van der Waals surface area contributed by atoms with Gasteiger partial charge in [-0.1, -0.05) is 35.7 Å². The normalized spacial score (nSPS) is 13.2. The van der Waals surface area contributed by atoms with Crippen LogP contribution in [0.5, 0.6) is 5.75 Å². The van der Waals surface area contributed by atoms with Gasteiger partial charge in [0.2, 0.25) is 0 Å². The fourth-order valence-corrected chi connectivity index (χ4v) is 4.28. The largest absolute Gasteiger partial charge is 0.506 e. The van der Waals surface area contributed by atoms with Crippen LogP contribution in [0.2, 0.25) is 0 Å². The summed E-state index contributed by atoms with van der Waals surface area (Å²) < 4.78 is 32.7. The number of benzene rings is 2. The van der Waals surface area contributed by atoms with E-state index in [1.807, 2.05) is 0 Å². The van der Waals surface area contributed by atoms with E-state index in [0.717, 1.165) is 31.4 Å². The minimum absolute atomic E-state index is 0.0488. The van der Waals surface area contributed by atoms with Crippen LogP contribution >= 0.6 is 15.9 Å². The number of hydrogen-bond acceptors (Lipinski definition) is 6. The molecule has 0 aliphatic heterocycles. The summed E-state index contributed by atoms with van der Waals surface area (Å²) in [6, 6.07) is 5.19. The molecule has 0 amide bonds. The second-order valence-corrected chi connectivity index (χ2v) is 8.78. The Labute approximate surface area is 170 Å². The third-order valence-corrected chi connectivity index (χ3v) is 5.90. The Morgan fingerprint density at radius 3 is 2.36 bits per heavy atom. The van der Waals surface area contributed by atoms with E-state index in [0.29, 0.717) is 16.7 Å². The maximum atomic E-state index is 13.1. The molecule has 148 valence electrons. The highest BCUT2D eigenvalue weighted by Gasteiger charge is 2.36. The lowest BCUT2D eigenvalue weighted by atomic mass is 9.82. The molecule has 0 saturated heterocycles. The van der Waals surface area contributed by atoms with Gasteiger partial charge in [0.25, 0.3) is 10.1 Å². The quantitative estimate of drug-likeness (QED) is 0.372. The zero-order valence-corrected chi connectivity index (χ0v) is 17.4. The molecule has 0 aromatic heterocycles. The number of phenols is 1. The summed E-state index contributed by atoms with van der Waals surface area (Å²) in [5.41, 5.74) is 0.177. The molecule has 2 aromatic carbocycles. The number of carbonyl (C=O) groups is 2. The number of unbranched alkanes of at least 4 members (excludes halogenated alkanes) is 2. The van der Waals surface area contributed by atoms with Crippen LogP contribution in [-0.2, 0) is 10.1 Å². The molecule has 1 aliphatic rings. The van der Waals surface area contributed by atoms with E-state index in [1.165, 1.54) is 6.07 Å². The van der Waals surface area contributed by atoms with Gasteiger partial charge in [0, 0.05) is 27.8 Å². The van der Waals surface area contributed by atoms with Gasteiger partial charge in [0.05, 0.1) is 11.1 Å². The molecule has 2 aromatic rings. The molecule has 1 aliphatic carbocycles. The standard InChI is InChI=1S/C19H18BrNO6S/c1-2-3-4-7-21-13-9-10(20)8-12-15(13)17(22)11-5-6-14(28(25,26)27)19(24)16(11)18(12)23/h5-6,8-9,21,24H,2-4,7H2,1H3,(H,25,26,27). The van der Waals surface area contributed by atoms with Crippen molar-refractivity contribution in [2.45, 2.75) is 31.1 Å². The van der Waals surface area contributed by atoms with Gasteiger partial charge in [-0.05, 0) is 30.7 Å². The maximum absolute atomic E-state index is 13.1. The highest BCUT2D eigenvalue weighted by molar-refractivity contribution is 9.10. The molecule has 3 rings (SSSR count). The predicted octanol–water partition coefficient (Wildman–Crippen LogP) is 3.78. The van der Waals surface area contributed by atoms with Crippen molar-refractivity contribution in [3.8, 4) is 5.75 Å². The van der Waals surface area contributed by atoms with Crippen molar-refractivity contribution >= 4 is 43.3 Å². The number of rotatable bonds is 6. The highest BCUT2D eigenvalue weighted by Crippen LogP contribution is 2.40. The Bertz CT molecular complexity index is 1090.